The monoisotopic (exact) mass is 304 g/mol. The van der Waals surface area contributed by atoms with Crippen LogP contribution >= 0.6 is 11.8 Å². The lowest BCUT2D eigenvalue weighted by atomic mass is 10.2. The molecule has 7 nitrogen and oxygen atoms in total. The average molecular weight is 304 g/mol. The van der Waals surface area contributed by atoms with Gasteiger partial charge in [0, 0.05) is 5.75 Å². The van der Waals surface area contributed by atoms with Crippen LogP contribution in [0.5, 0.6) is 0 Å². The number of hydrogen-bond acceptors (Lipinski definition) is 6. The Kier molecular flexibility index (Phi) is 5.70. The third-order valence-corrected chi connectivity index (χ3v) is 3.56. The van der Waals surface area contributed by atoms with Crippen molar-refractivity contribution in [3.63, 3.8) is 0 Å². The maximum absolute atomic E-state index is 11.5. The molecule has 20 heavy (non-hydrogen) atoms. The molecule has 1 heterocycles. The lowest BCUT2D eigenvalue weighted by Crippen LogP contribution is -2.44. The van der Waals surface area contributed by atoms with Crippen LogP contribution in [-0.4, -0.2) is 52.2 Å². The van der Waals surface area contributed by atoms with Crippen molar-refractivity contribution in [3.05, 3.63) is 11.3 Å². The van der Waals surface area contributed by atoms with Gasteiger partial charge in [-0.1, -0.05) is 0 Å². The van der Waals surface area contributed by atoms with E-state index in [1.54, 1.807) is 20.8 Å². The van der Waals surface area contributed by atoms with Crippen LogP contribution in [0.1, 0.15) is 20.8 Å². The first-order chi connectivity index (χ1) is 9.23. The molecule has 4 N–H and O–H groups in total. The third kappa shape index (κ3) is 5.30. The second-order valence-corrected chi connectivity index (χ2v) is 6.46. The number of carbonyl (C=O) groups is 2. The second kappa shape index (κ2) is 6.85. The highest BCUT2D eigenvalue weighted by Crippen LogP contribution is 2.21. The number of aliphatic carboxylic acids is 1. The number of carboxylic acid groups (broad SMARTS) is 1. The molecule has 0 bridgehead atoms. The highest BCUT2D eigenvalue weighted by atomic mass is 32.2. The first-order valence-corrected chi connectivity index (χ1v) is 7.19. The summed E-state index contributed by atoms with van der Waals surface area (Å²) in [5.41, 5.74) is -0.133. The highest BCUT2D eigenvalue weighted by Gasteiger charge is 2.25. The van der Waals surface area contributed by atoms with E-state index in [1.807, 2.05) is 0 Å². The molecular weight excluding hydrogens is 284 g/mol. The van der Waals surface area contributed by atoms with E-state index in [2.05, 4.69) is 10.6 Å². The van der Waals surface area contributed by atoms with Gasteiger partial charge in [0.15, 0.2) is 0 Å². The normalized spacial score (nSPS) is 19.3. The van der Waals surface area contributed by atoms with Crippen LogP contribution in [-0.2, 0) is 9.53 Å². The van der Waals surface area contributed by atoms with Gasteiger partial charge < -0.3 is 25.6 Å². The summed E-state index contributed by atoms with van der Waals surface area (Å²) in [6.45, 7) is 5.22. The van der Waals surface area contributed by atoms with Gasteiger partial charge in [-0.05, 0) is 26.3 Å². The number of carboxylic acids is 1. The van der Waals surface area contributed by atoms with Gasteiger partial charge in [0.25, 0.3) is 0 Å². The van der Waals surface area contributed by atoms with Crippen molar-refractivity contribution in [3.8, 4) is 0 Å². The van der Waals surface area contributed by atoms with Crippen LogP contribution in [0.25, 0.3) is 0 Å². The SMILES string of the molecule is CC(C)(C)OC(=O)NCC1NC(C(=O)O)=C(CO)CS1. The number of rotatable bonds is 4. The number of thioether (sulfide) groups is 1. The molecular formula is C12H20N2O5S. The Morgan fingerprint density at radius 3 is 2.65 bits per heavy atom. The van der Waals surface area contributed by atoms with Crippen LogP contribution in [0.2, 0.25) is 0 Å². The van der Waals surface area contributed by atoms with Gasteiger partial charge in [-0.15, -0.1) is 11.8 Å². The van der Waals surface area contributed by atoms with Gasteiger partial charge in [-0.25, -0.2) is 9.59 Å². The standard InChI is InChI=1S/C12H20N2O5S/c1-12(2,3)19-11(18)13-4-8-14-9(10(16)17)7(5-15)6-20-8/h8,14-15H,4-6H2,1-3H3,(H,13,18)(H,16,17). The molecule has 0 radical (unpaired) electrons. The molecule has 1 rings (SSSR count). The Bertz CT molecular complexity index is 417. The number of hydrogen-bond donors (Lipinski definition) is 4. The summed E-state index contributed by atoms with van der Waals surface area (Å²) in [7, 11) is 0. The summed E-state index contributed by atoms with van der Waals surface area (Å²) in [4.78, 5) is 22.5. The molecule has 0 spiro atoms. The lowest BCUT2D eigenvalue weighted by molar-refractivity contribution is -0.133. The van der Waals surface area contributed by atoms with E-state index in [1.165, 1.54) is 11.8 Å². The smallest absolute Gasteiger partial charge is 0.407 e. The summed E-state index contributed by atoms with van der Waals surface area (Å²) in [5.74, 6) is -0.706. The topological polar surface area (TPSA) is 108 Å². The lowest BCUT2D eigenvalue weighted by Gasteiger charge is -2.27. The third-order valence-electron chi connectivity index (χ3n) is 2.35. The van der Waals surface area contributed by atoms with Crippen molar-refractivity contribution in [1.29, 1.82) is 0 Å². The molecule has 114 valence electrons. The fourth-order valence-electron chi connectivity index (χ4n) is 1.52. The minimum atomic E-state index is -1.11. The summed E-state index contributed by atoms with van der Waals surface area (Å²) in [6, 6.07) is 0. The molecule has 1 unspecified atom stereocenters. The van der Waals surface area contributed by atoms with Crippen LogP contribution in [0.3, 0.4) is 0 Å². The Labute approximate surface area is 121 Å². The predicted molar refractivity (Wildman–Crippen MR) is 75.4 cm³/mol. The minimum absolute atomic E-state index is 0.00207. The average Bonchev–Trinajstić information content (AvgIpc) is 2.33. The van der Waals surface area contributed by atoms with Gasteiger partial charge >= 0.3 is 12.1 Å². The molecule has 0 aromatic heterocycles. The number of nitrogens with one attached hydrogen (secondary N) is 2. The Balaban J connectivity index is 2.50. The number of carbonyl (C=O) groups excluding carboxylic acids is 1. The quantitative estimate of drug-likeness (QED) is 0.599. The fourth-order valence-corrected chi connectivity index (χ4v) is 2.56. The number of alkyl carbamates (subject to hydrolysis) is 1. The van der Waals surface area contributed by atoms with Crippen molar-refractivity contribution in [2.24, 2.45) is 0 Å². The Morgan fingerprint density at radius 1 is 1.50 bits per heavy atom. The molecule has 1 atom stereocenters. The fraction of sp³-hybridized carbons (Fsp3) is 0.667. The number of aliphatic hydroxyl groups excluding tert-OH is 1. The van der Waals surface area contributed by atoms with E-state index in [-0.39, 0.29) is 24.2 Å². The van der Waals surface area contributed by atoms with Gasteiger partial charge in [0.2, 0.25) is 0 Å². The van der Waals surface area contributed by atoms with Crippen LogP contribution < -0.4 is 10.6 Å². The molecule has 0 aliphatic carbocycles. The largest absolute Gasteiger partial charge is 0.477 e. The van der Waals surface area contributed by atoms with Crippen LogP contribution in [0.15, 0.2) is 11.3 Å². The zero-order valence-electron chi connectivity index (χ0n) is 11.7. The van der Waals surface area contributed by atoms with E-state index in [0.717, 1.165) is 0 Å². The summed E-state index contributed by atoms with van der Waals surface area (Å²) < 4.78 is 5.09. The second-order valence-electron chi connectivity index (χ2n) is 5.27. The molecule has 1 aliphatic heterocycles. The molecule has 1 aliphatic rings. The van der Waals surface area contributed by atoms with E-state index in [0.29, 0.717) is 11.3 Å². The van der Waals surface area contributed by atoms with E-state index < -0.39 is 17.7 Å². The van der Waals surface area contributed by atoms with Crippen molar-refractivity contribution in [2.75, 3.05) is 18.9 Å². The molecule has 1 amide bonds. The van der Waals surface area contributed by atoms with Crippen molar-refractivity contribution in [1.82, 2.24) is 10.6 Å². The maximum Gasteiger partial charge on any atom is 0.407 e. The number of aliphatic hydroxyl groups is 1. The van der Waals surface area contributed by atoms with Crippen molar-refractivity contribution in [2.45, 2.75) is 31.7 Å². The van der Waals surface area contributed by atoms with Gasteiger partial charge in [-0.2, -0.15) is 0 Å². The van der Waals surface area contributed by atoms with Gasteiger partial charge in [0.05, 0.1) is 18.5 Å². The molecule has 0 fully saturated rings. The molecule has 0 saturated carbocycles. The minimum Gasteiger partial charge on any atom is -0.477 e. The summed E-state index contributed by atoms with van der Waals surface area (Å²) in [5, 5.41) is 23.2. The van der Waals surface area contributed by atoms with Gasteiger partial charge in [-0.3, -0.25) is 0 Å². The van der Waals surface area contributed by atoms with Gasteiger partial charge in [0.1, 0.15) is 11.3 Å². The number of amides is 1. The molecule has 8 heteroatoms. The Morgan fingerprint density at radius 2 is 2.15 bits per heavy atom. The van der Waals surface area contributed by atoms with Crippen LogP contribution in [0.4, 0.5) is 4.79 Å². The van der Waals surface area contributed by atoms with E-state index >= 15 is 0 Å². The van der Waals surface area contributed by atoms with Crippen molar-refractivity contribution >= 4 is 23.8 Å². The van der Waals surface area contributed by atoms with E-state index in [9.17, 15) is 9.59 Å². The first-order valence-electron chi connectivity index (χ1n) is 6.14. The highest BCUT2D eigenvalue weighted by molar-refractivity contribution is 8.00. The van der Waals surface area contributed by atoms with E-state index in [4.69, 9.17) is 14.9 Å². The molecule has 0 aromatic rings. The zero-order chi connectivity index (χ0) is 15.3. The zero-order valence-corrected chi connectivity index (χ0v) is 12.5. The predicted octanol–water partition coefficient (Wildman–Crippen LogP) is 0.505. The summed E-state index contributed by atoms with van der Waals surface area (Å²) in [6.07, 6.45) is -0.547. The molecule has 0 saturated heterocycles. The Hall–Kier alpha value is -1.41. The summed E-state index contributed by atoms with van der Waals surface area (Å²) >= 11 is 1.41. The maximum atomic E-state index is 11.5. The van der Waals surface area contributed by atoms with Crippen molar-refractivity contribution < 1.29 is 24.5 Å². The molecule has 0 aromatic carbocycles. The first kappa shape index (κ1) is 16.6. The van der Waals surface area contributed by atoms with Crippen LogP contribution in [0, 0.1) is 0 Å². The number of ether oxygens (including phenoxy) is 1.